The van der Waals surface area contributed by atoms with Crippen molar-refractivity contribution in [2.45, 2.75) is 0 Å². The van der Waals surface area contributed by atoms with Gasteiger partial charge >= 0.3 is 0 Å². The molecule has 0 aliphatic heterocycles. The van der Waals surface area contributed by atoms with Crippen molar-refractivity contribution in [3.05, 3.63) is 141 Å². The van der Waals surface area contributed by atoms with Crippen LogP contribution < -0.4 is 20.1 Å². The maximum atomic E-state index is 12.4. The van der Waals surface area contributed by atoms with E-state index < -0.39 is 0 Å². The van der Waals surface area contributed by atoms with Crippen LogP contribution in [-0.2, 0) is 0 Å². The first-order valence-corrected chi connectivity index (χ1v) is 13.8. The summed E-state index contributed by atoms with van der Waals surface area (Å²) < 4.78 is 13.8. The average Bonchev–Trinajstić information content (AvgIpc) is 2.96. The number of halogens is 2. The van der Waals surface area contributed by atoms with Crippen LogP contribution in [0.15, 0.2) is 130 Å². The molecule has 0 saturated heterocycles. The number of carbonyl (C=O) groups excluding carboxylic acids is 2. The summed E-state index contributed by atoms with van der Waals surface area (Å²) in [4.78, 5) is 24.9. The number of hydrogen-bond donors (Lipinski definition) is 2. The van der Waals surface area contributed by atoms with Gasteiger partial charge in [-0.05, 0) is 109 Å². The van der Waals surface area contributed by atoms with Crippen molar-refractivity contribution in [1.82, 2.24) is 0 Å². The number of amides is 2. The van der Waals surface area contributed by atoms with Gasteiger partial charge in [0.1, 0.15) is 23.0 Å². The van der Waals surface area contributed by atoms with E-state index in [1.807, 2.05) is 42.5 Å². The molecular weight excluding hydrogens is 636 g/mol. The molecule has 6 nitrogen and oxygen atoms in total. The van der Waals surface area contributed by atoms with Crippen LogP contribution >= 0.6 is 31.9 Å². The zero-order valence-electron chi connectivity index (χ0n) is 20.9. The quantitative estimate of drug-likeness (QED) is 0.174. The van der Waals surface area contributed by atoms with E-state index in [0.29, 0.717) is 45.5 Å². The molecular formula is C32H22Br2N2O4. The van der Waals surface area contributed by atoms with Gasteiger partial charge in [-0.3, -0.25) is 9.59 Å². The highest BCUT2D eigenvalue weighted by atomic mass is 79.9. The topological polar surface area (TPSA) is 76.7 Å². The summed E-state index contributed by atoms with van der Waals surface area (Å²) >= 11 is 6.74. The van der Waals surface area contributed by atoms with Gasteiger partial charge in [-0.15, -0.1) is 0 Å². The lowest BCUT2D eigenvalue weighted by Gasteiger charge is -2.11. The Labute approximate surface area is 248 Å². The highest BCUT2D eigenvalue weighted by molar-refractivity contribution is 9.10. The summed E-state index contributed by atoms with van der Waals surface area (Å²) in [5.74, 6) is 2.05. The van der Waals surface area contributed by atoms with Gasteiger partial charge in [0.25, 0.3) is 11.8 Å². The fourth-order valence-electron chi connectivity index (χ4n) is 3.70. The Morgan fingerprint density at radius 1 is 0.475 bits per heavy atom. The molecule has 0 heterocycles. The van der Waals surface area contributed by atoms with E-state index in [2.05, 4.69) is 42.5 Å². The summed E-state index contributed by atoms with van der Waals surface area (Å²) in [6.07, 6.45) is 0. The highest BCUT2D eigenvalue weighted by Crippen LogP contribution is 2.29. The summed E-state index contributed by atoms with van der Waals surface area (Å²) in [5, 5.41) is 5.75. The molecule has 0 spiro atoms. The molecule has 0 bridgehead atoms. The number of ether oxygens (including phenoxy) is 2. The van der Waals surface area contributed by atoms with Crippen molar-refractivity contribution in [2.75, 3.05) is 10.6 Å². The van der Waals surface area contributed by atoms with Crippen LogP contribution in [0.3, 0.4) is 0 Å². The lowest BCUT2D eigenvalue weighted by atomic mass is 10.2. The third kappa shape index (κ3) is 7.37. The van der Waals surface area contributed by atoms with Crippen molar-refractivity contribution in [3.8, 4) is 23.0 Å². The molecule has 5 rings (SSSR count). The molecule has 0 unspecified atom stereocenters. The molecule has 0 fully saturated rings. The van der Waals surface area contributed by atoms with E-state index in [0.717, 1.165) is 8.95 Å². The third-order valence-electron chi connectivity index (χ3n) is 5.71. The Kier molecular flexibility index (Phi) is 8.59. The Bertz CT molecular complexity index is 1500. The molecule has 8 heteroatoms. The standard InChI is InChI=1S/C32H22Br2N2O4/c33-23-8-4-21(5-9-23)31(37)35-25-12-16-27(17-13-25)39-29-2-1-3-30(20-29)40-28-18-14-26(15-19-28)36-32(38)22-6-10-24(34)11-7-22/h1-20H,(H,35,37)(H,36,38). The van der Waals surface area contributed by atoms with E-state index in [4.69, 9.17) is 9.47 Å². The fourth-order valence-corrected chi connectivity index (χ4v) is 4.22. The Hall–Kier alpha value is -4.40. The van der Waals surface area contributed by atoms with Crippen LogP contribution in [0.25, 0.3) is 0 Å². The molecule has 5 aromatic rings. The molecule has 0 atom stereocenters. The van der Waals surface area contributed by atoms with Crippen LogP contribution in [0.1, 0.15) is 20.7 Å². The summed E-state index contributed by atoms with van der Waals surface area (Å²) in [7, 11) is 0. The van der Waals surface area contributed by atoms with Crippen molar-refractivity contribution in [3.63, 3.8) is 0 Å². The summed E-state index contributed by atoms with van der Waals surface area (Å²) in [5.41, 5.74) is 2.46. The molecule has 2 N–H and O–H groups in total. The minimum absolute atomic E-state index is 0.189. The second-order valence-electron chi connectivity index (χ2n) is 8.65. The maximum absolute atomic E-state index is 12.4. The number of nitrogens with one attached hydrogen (secondary N) is 2. The predicted molar refractivity (Wildman–Crippen MR) is 164 cm³/mol. The molecule has 5 aromatic carbocycles. The molecule has 0 saturated carbocycles. The predicted octanol–water partition coefficient (Wildman–Crippen LogP) is 9.30. The molecule has 2 amide bonds. The molecule has 0 aromatic heterocycles. The lowest BCUT2D eigenvalue weighted by Crippen LogP contribution is -2.11. The van der Waals surface area contributed by atoms with Crippen LogP contribution in [-0.4, -0.2) is 11.8 Å². The van der Waals surface area contributed by atoms with E-state index in [1.165, 1.54) is 0 Å². The van der Waals surface area contributed by atoms with Crippen molar-refractivity contribution < 1.29 is 19.1 Å². The Morgan fingerprint density at radius 2 is 0.850 bits per heavy atom. The van der Waals surface area contributed by atoms with Gasteiger partial charge in [0, 0.05) is 37.5 Å². The largest absolute Gasteiger partial charge is 0.457 e. The highest BCUT2D eigenvalue weighted by Gasteiger charge is 2.08. The minimum atomic E-state index is -0.189. The molecule has 198 valence electrons. The second kappa shape index (κ2) is 12.6. The average molecular weight is 658 g/mol. The number of benzene rings is 5. The molecule has 0 radical (unpaired) electrons. The maximum Gasteiger partial charge on any atom is 0.255 e. The Morgan fingerprint density at radius 3 is 1.23 bits per heavy atom. The van der Waals surface area contributed by atoms with E-state index >= 15 is 0 Å². The number of anilines is 2. The lowest BCUT2D eigenvalue weighted by molar-refractivity contribution is 0.101. The van der Waals surface area contributed by atoms with Crippen LogP contribution in [0.2, 0.25) is 0 Å². The fraction of sp³-hybridized carbons (Fsp3) is 0. The van der Waals surface area contributed by atoms with Gasteiger partial charge in [0.05, 0.1) is 0 Å². The number of hydrogen-bond acceptors (Lipinski definition) is 4. The molecule has 40 heavy (non-hydrogen) atoms. The molecule has 0 aliphatic carbocycles. The smallest absolute Gasteiger partial charge is 0.255 e. The summed E-state index contributed by atoms with van der Waals surface area (Å²) in [6, 6.07) is 35.9. The van der Waals surface area contributed by atoms with Crippen molar-refractivity contribution in [2.24, 2.45) is 0 Å². The van der Waals surface area contributed by atoms with Gasteiger partial charge in [-0.25, -0.2) is 0 Å². The van der Waals surface area contributed by atoms with Crippen LogP contribution in [0.5, 0.6) is 23.0 Å². The van der Waals surface area contributed by atoms with Crippen LogP contribution in [0, 0.1) is 0 Å². The van der Waals surface area contributed by atoms with Gasteiger partial charge in [0.2, 0.25) is 0 Å². The van der Waals surface area contributed by atoms with E-state index in [1.54, 1.807) is 78.9 Å². The number of rotatable bonds is 8. The van der Waals surface area contributed by atoms with E-state index in [9.17, 15) is 9.59 Å². The van der Waals surface area contributed by atoms with Crippen molar-refractivity contribution >= 4 is 55.0 Å². The monoisotopic (exact) mass is 656 g/mol. The first kappa shape index (κ1) is 27.2. The van der Waals surface area contributed by atoms with Gasteiger partial charge < -0.3 is 20.1 Å². The van der Waals surface area contributed by atoms with Gasteiger partial charge in [-0.2, -0.15) is 0 Å². The summed E-state index contributed by atoms with van der Waals surface area (Å²) in [6.45, 7) is 0. The van der Waals surface area contributed by atoms with E-state index in [-0.39, 0.29) is 11.8 Å². The SMILES string of the molecule is O=C(Nc1ccc(Oc2cccc(Oc3ccc(NC(=O)c4ccc(Br)cc4)cc3)c2)cc1)c1ccc(Br)cc1. The van der Waals surface area contributed by atoms with Gasteiger partial charge in [-0.1, -0.05) is 37.9 Å². The minimum Gasteiger partial charge on any atom is -0.457 e. The first-order valence-electron chi connectivity index (χ1n) is 12.2. The zero-order chi connectivity index (χ0) is 27.9. The normalized spacial score (nSPS) is 10.4. The zero-order valence-corrected chi connectivity index (χ0v) is 24.1. The van der Waals surface area contributed by atoms with Crippen molar-refractivity contribution in [1.29, 1.82) is 0 Å². The number of carbonyl (C=O) groups is 2. The second-order valence-corrected chi connectivity index (χ2v) is 10.5. The van der Waals surface area contributed by atoms with Gasteiger partial charge in [0.15, 0.2) is 0 Å². The molecule has 0 aliphatic rings. The Balaban J connectivity index is 1.16. The third-order valence-corrected chi connectivity index (χ3v) is 6.77. The van der Waals surface area contributed by atoms with Crippen LogP contribution in [0.4, 0.5) is 11.4 Å². The first-order chi connectivity index (χ1) is 19.4.